The van der Waals surface area contributed by atoms with E-state index in [1.54, 1.807) is 19.2 Å². The average Bonchev–Trinajstić information content (AvgIpc) is 3.10. The molecule has 0 radical (unpaired) electrons. The SMILES string of the molecule is COc1cc(CO)ccc1-c1cc(Nc2cnc(C#N)cn2)n[nH]1. The Balaban J connectivity index is 1.84. The Labute approximate surface area is 137 Å². The topological polar surface area (TPSA) is 120 Å². The van der Waals surface area contributed by atoms with Crippen molar-refractivity contribution in [3.63, 3.8) is 0 Å². The highest BCUT2D eigenvalue weighted by Gasteiger charge is 2.10. The van der Waals surface area contributed by atoms with Gasteiger partial charge in [-0.25, -0.2) is 9.97 Å². The summed E-state index contributed by atoms with van der Waals surface area (Å²) in [7, 11) is 1.57. The van der Waals surface area contributed by atoms with Gasteiger partial charge in [-0.3, -0.25) is 5.10 Å². The summed E-state index contributed by atoms with van der Waals surface area (Å²) in [5, 5.41) is 28.0. The highest BCUT2D eigenvalue weighted by molar-refractivity contribution is 5.71. The molecule has 0 saturated carbocycles. The van der Waals surface area contributed by atoms with Crippen LogP contribution in [0.4, 0.5) is 11.6 Å². The zero-order valence-electron chi connectivity index (χ0n) is 12.8. The van der Waals surface area contributed by atoms with Crippen molar-refractivity contribution in [2.45, 2.75) is 6.61 Å². The highest BCUT2D eigenvalue weighted by Crippen LogP contribution is 2.31. The summed E-state index contributed by atoms with van der Waals surface area (Å²) in [6.45, 7) is -0.0518. The van der Waals surface area contributed by atoms with Gasteiger partial charge in [-0.15, -0.1) is 0 Å². The Morgan fingerprint density at radius 1 is 1.25 bits per heavy atom. The maximum atomic E-state index is 9.21. The molecular formula is C16H14N6O2. The van der Waals surface area contributed by atoms with Crippen LogP contribution in [0.5, 0.6) is 5.75 Å². The number of hydrogen-bond donors (Lipinski definition) is 3. The number of nitrogens with one attached hydrogen (secondary N) is 2. The number of aromatic amines is 1. The van der Waals surface area contributed by atoms with Gasteiger partial charge in [-0.05, 0) is 17.7 Å². The quantitative estimate of drug-likeness (QED) is 0.657. The molecule has 0 aliphatic heterocycles. The van der Waals surface area contributed by atoms with Crippen molar-refractivity contribution in [1.29, 1.82) is 5.26 Å². The van der Waals surface area contributed by atoms with Crippen LogP contribution in [0.3, 0.4) is 0 Å². The molecule has 3 rings (SSSR count). The minimum Gasteiger partial charge on any atom is -0.496 e. The van der Waals surface area contributed by atoms with Crippen molar-refractivity contribution in [2.75, 3.05) is 12.4 Å². The van der Waals surface area contributed by atoms with Crippen molar-refractivity contribution in [3.8, 4) is 23.1 Å². The first-order valence-electron chi connectivity index (χ1n) is 7.06. The van der Waals surface area contributed by atoms with Gasteiger partial charge >= 0.3 is 0 Å². The number of ether oxygens (including phenoxy) is 1. The predicted molar refractivity (Wildman–Crippen MR) is 86.5 cm³/mol. The third kappa shape index (κ3) is 3.16. The lowest BCUT2D eigenvalue weighted by Gasteiger charge is -2.08. The zero-order chi connectivity index (χ0) is 16.9. The van der Waals surface area contributed by atoms with Crippen LogP contribution in [-0.4, -0.2) is 32.4 Å². The first kappa shape index (κ1) is 15.5. The zero-order valence-corrected chi connectivity index (χ0v) is 12.8. The molecule has 8 nitrogen and oxygen atoms in total. The smallest absolute Gasteiger partial charge is 0.158 e. The second kappa shape index (κ2) is 6.76. The van der Waals surface area contributed by atoms with E-state index in [4.69, 9.17) is 10.00 Å². The first-order valence-corrected chi connectivity index (χ1v) is 7.06. The number of rotatable bonds is 5. The number of nitriles is 1. The van der Waals surface area contributed by atoms with Gasteiger partial charge in [0.25, 0.3) is 0 Å². The minimum atomic E-state index is -0.0518. The molecular weight excluding hydrogens is 308 g/mol. The number of methoxy groups -OCH3 is 1. The molecule has 3 N–H and O–H groups in total. The van der Waals surface area contributed by atoms with E-state index in [9.17, 15) is 5.11 Å². The van der Waals surface area contributed by atoms with Crippen LogP contribution in [0.2, 0.25) is 0 Å². The van der Waals surface area contributed by atoms with E-state index >= 15 is 0 Å². The number of hydrogen-bond acceptors (Lipinski definition) is 7. The summed E-state index contributed by atoms with van der Waals surface area (Å²) in [4.78, 5) is 8.02. The Bertz CT molecular complexity index is 882. The van der Waals surface area contributed by atoms with Gasteiger partial charge in [0, 0.05) is 11.6 Å². The normalized spacial score (nSPS) is 10.2. The molecule has 0 aliphatic rings. The van der Waals surface area contributed by atoms with Crippen molar-refractivity contribution in [3.05, 3.63) is 47.9 Å². The second-order valence-corrected chi connectivity index (χ2v) is 4.88. The van der Waals surface area contributed by atoms with Gasteiger partial charge in [0.05, 0.1) is 31.8 Å². The fourth-order valence-corrected chi connectivity index (χ4v) is 2.16. The summed E-state index contributed by atoms with van der Waals surface area (Å²) >= 11 is 0. The van der Waals surface area contributed by atoms with Gasteiger partial charge in [-0.2, -0.15) is 10.4 Å². The number of anilines is 2. The molecule has 0 spiro atoms. The van der Waals surface area contributed by atoms with E-state index in [0.717, 1.165) is 16.8 Å². The highest BCUT2D eigenvalue weighted by atomic mass is 16.5. The molecule has 0 aliphatic carbocycles. The van der Waals surface area contributed by atoms with E-state index < -0.39 is 0 Å². The van der Waals surface area contributed by atoms with Gasteiger partial charge in [0.2, 0.25) is 0 Å². The number of H-pyrrole nitrogens is 1. The molecule has 0 unspecified atom stereocenters. The molecule has 8 heteroatoms. The number of aliphatic hydroxyl groups excluding tert-OH is 1. The first-order chi connectivity index (χ1) is 11.7. The van der Waals surface area contributed by atoms with Crippen molar-refractivity contribution < 1.29 is 9.84 Å². The molecule has 0 amide bonds. The van der Waals surface area contributed by atoms with E-state index in [0.29, 0.717) is 17.4 Å². The molecule has 0 saturated heterocycles. The maximum absolute atomic E-state index is 9.21. The largest absolute Gasteiger partial charge is 0.496 e. The van der Waals surface area contributed by atoms with Gasteiger partial charge in [0.15, 0.2) is 11.5 Å². The van der Waals surface area contributed by atoms with Crippen LogP contribution in [0, 0.1) is 11.3 Å². The Hall–Kier alpha value is -3.44. The second-order valence-electron chi connectivity index (χ2n) is 4.88. The van der Waals surface area contributed by atoms with Crippen LogP contribution >= 0.6 is 0 Å². The van der Waals surface area contributed by atoms with E-state index in [1.165, 1.54) is 12.4 Å². The fourth-order valence-electron chi connectivity index (χ4n) is 2.16. The summed E-state index contributed by atoms with van der Waals surface area (Å²) in [5.41, 5.74) is 2.58. The third-order valence-electron chi connectivity index (χ3n) is 3.34. The van der Waals surface area contributed by atoms with Crippen molar-refractivity contribution in [1.82, 2.24) is 20.2 Å². The fraction of sp³-hybridized carbons (Fsp3) is 0.125. The number of aromatic nitrogens is 4. The van der Waals surface area contributed by atoms with Gasteiger partial charge in [0.1, 0.15) is 17.6 Å². The van der Waals surface area contributed by atoms with Gasteiger partial charge in [-0.1, -0.05) is 6.07 Å². The summed E-state index contributed by atoms with van der Waals surface area (Å²) in [5.74, 6) is 1.67. The monoisotopic (exact) mass is 322 g/mol. The molecule has 120 valence electrons. The lowest BCUT2D eigenvalue weighted by atomic mass is 10.1. The standard InChI is InChI=1S/C16H14N6O2/c1-24-14-4-10(9-23)2-3-12(14)13-5-15(22-21-13)20-16-8-18-11(6-17)7-19-16/h2-5,7-8,23H,9H2,1H3,(H2,19,20,21,22). The molecule has 0 atom stereocenters. The molecule has 1 aromatic carbocycles. The molecule has 0 fully saturated rings. The average molecular weight is 322 g/mol. The third-order valence-corrected chi connectivity index (χ3v) is 3.34. The van der Waals surface area contributed by atoms with E-state index in [2.05, 4.69) is 25.5 Å². The number of nitrogens with zero attached hydrogens (tertiary/aromatic N) is 4. The molecule has 3 aromatic rings. The maximum Gasteiger partial charge on any atom is 0.158 e. The van der Waals surface area contributed by atoms with Gasteiger partial charge < -0.3 is 15.2 Å². The van der Waals surface area contributed by atoms with Crippen LogP contribution in [-0.2, 0) is 6.61 Å². The lowest BCUT2D eigenvalue weighted by molar-refractivity contribution is 0.281. The van der Waals surface area contributed by atoms with Crippen LogP contribution in [0.1, 0.15) is 11.3 Å². The Morgan fingerprint density at radius 3 is 2.79 bits per heavy atom. The van der Waals surface area contributed by atoms with E-state index in [1.807, 2.05) is 18.2 Å². The summed E-state index contributed by atoms with van der Waals surface area (Å²) < 4.78 is 5.36. The van der Waals surface area contributed by atoms with Crippen LogP contribution < -0.4 is 10.1 Å². The molecule has 2 heterocycles. The summed E-state index contributed by atoms with van der Waals surface area (Å²) in [6.07, 6.45) is 2.84. The predicted octanol–water partition coefficient (Wildman–Crippen LogP) is 1.98. The van der Waals surface area contributed by atoms with Crippen LogP contribution in [0.25, 0.3) is 11.3 Å². The van der Waals surface area contributed by atoms with E-state index in [-0.39, 0.29) is 12.3 Å². The Kier molecular flexibility index (Phi) is 4.36. The van der Waals surface area contributed by atoms with Crippen molar-refractivity contribution >= 4 is 11.6 Å². The van der Waals surface area contributed by atoms with Crippen LogP contribution in [0.15, 0.2) is 36.7 Å². The number of benzene rings is 1. The number of aliphatic hydroxyl groups is 1. The summed E-state index contributed by atoms with van der Waals surface area (Å²) in [6, 6.07) is 9.15. The lowest BCUT2D eigenvalue weighted by Crippen LogP contribution is -1.95. The molecule has 2 aromatic heterocycles. The van der Waals surface area contributed by atoms with Crippen molar-refractivity contribution in [2.24, 2.45) is 0 Å². The molecule has 0 bridgehead atoms. The minimum absolute atomic E-state index is 0.0518. The molecule has 24 heavy (non-hydrogen) atoms. The Morgan fingerprint density at radius 2 is 2.12 bits per heavy atom.